The number of terminal acetylenes is 1. The fourth-order valence-corrected chi connectivity index (χ4v) is 2.07. The topological polar surface area (TPSA) is 21.3 Å². The molecule has 0 saturated heterocycles. The molecular formula is C13H23NO. The van der Waals surface area contributed by atoms with Gasteiger partial charge >= 0.3 is 0 Å². The lowest BCUT2D eigenvalue weighted by Crippen LogP contribution is -2.61. The molecule has 2 atom stereocenters. The quantitative estimate of drug-likeness (QED) is 0.535. The van der Waals surface area contributed by atoms with Crippen molar-refractivity contribution in [2.75, 3.05) is 13.2 Å². The Morgan fingerprint density at radius 1 is 1.53 bits per heavy atom. The Balaban J connectivity index is 2.25. The van der Waals surface area contributed by atoms with Gasteiger partial charge in [-0.25, -0.2) is 0 Å². The van der Waals surface area contributed by atoms with Crippen molar-refractivity contribution >= 4 is 0 Å². The molecule has 1 N–H and O–H groups in total. The van der Waals surface area contributed by atoms with Crippen LogP contribution in [0.25, 0.3) is 0 Å². The Bertz CT molecular complexity index is 229. The molecule has 1 saturated carbocycles. The first-order valence-electron chi connectivity index (χ1n) is 5.91. The highest BCUT2D eigenvalue weighted by molar-refractivity contribution is 5.04. The molecule has 1 aliphatic rings. The van der Waals surface area contributed by atoms with E-state index in [1.807, 2.05) is 0 Å². The molecule has 0 spiro atoms. The molecule has 0 aromatic heterocycles. The van der Waals surface area contributed by atoms with Crippen molar-refractivity contribution in [2.24, 2.45) is 5.41 Å². The minimum atomic E-state index is 0.227. The van der Waals surface area contributed by atoms with Crippen LogP contribution in [0, 0.1) is 17.8 Å². The molecule has 0 heterocycles. The summed E-state index contributed by atoms with van der Waals surface area (Å²) in [4.78, 5) is 0. The third-order valence-corrected chi connectivity index (χ3v) is 3.45. The minimum Gasteiger partial charge on any atom is -0.378 e. The highest BCUT2D eigenvalue weighted by Crippen LogP contribution is 2.42. The second-order valence-electron chi connectivity index (χ2n) is 4.91. The van der Waals surface area contributed by atoms with E-state index in [0.717, 1.165) is 19.4 Å². The molecule has 2 heteroatoms. The Labute approximate surface area is 93.8 Å². The molecule has 15 heavy (non-hydrogen) atoms. The van der Waals surface area contributed by atoms with Crippen LogP contribution in [0.4, 0.5) is 0 Å². The molecule has 0 aromatic carbocycles. The lowest BCUT2D eigenvalue weighted by Gasteiger charge is -2.51. The summed E-state index contributed by atoms with van der Waals surface area (Å²) >= 11 is 0. The van der Waals surface area contributed by atoms with Gasteiger partial charge in [0.15, 0.2) is 0 Å². The van der Waals surface area contributed by atoms with Crippen molar-refractivity contribution in [3.05, 3.63) is 0 Å². The summed E-state index contributed by atoms with van der Waals surface area (Å²) in [6, 6.07) is 0.514. The number of hydrogen-bond donors (Lipinski definition) is 1. The first-order valence-corrected chi connectivity index (χ1v) is 5.91. The summed E-state index contributed by atoms with van der Waals surface area (Å²) in [5, 5.41) is 3.36. The molecule has 0 radical (unpaired) electrons. The summed E-state index contributed by atoms with van der Waals surface area (Å²) in [5.74, 6) is 2.62. The number of nitrogens with one attached hydrogen (secondary N) is 1. The van der Waals surface area contributed by atoms with Crippen LogP contribution in [-0.4, -0.2) is 25.3 Å². The largest absolute Gasteiger partial charge is 0.378 e. The third-order valence-electron chi connectivity index (χ3n) is 3.45. The van der Waals surface area contributed by atoms with Gasteiger partial charge in [-0.05, 0) is 12.8 Å². The van der Waals surface area contributed by atoms with E-state index in [2.05, 4.69) is 32.0 Å². The predicted octanol–water partition coefficient (Wildman–Crippen LogP) is 2.19. The van der Waals surface area contributed by atoms with Crippen molar-refractivity contribution < 1.29 is 4.74 Å². The first-order chi connectivity index (χ1) is 7.12. The van der Waals surface area contributed by atoms with Gasteiger partial charge in [0.1, 0.15) is 0 Å². The maximum Gasteiger partial charge on any atom is 0.0655 e. The molecule has 0 aromatic rings. The van der Waals surface area contributed by atoms with Gasteiger partial charge in [-0.1, -0.05) is 33.1 Å². The van der Waals surface area contributed by atoms with Crippen molar-refractivity contribution in [1.29, 1.82) is 0 Å². The van der Waals surface area contributed by atoms with Gasteiger partial charge in [-0.2, -0.15) is 0 Å². The van der Waals surface area contributed by atoms with E-state index in [1.165, 1.54) is 6.42 Å². The van der Waals surface area contributed by atoms with Crippen molar-refractivity contribution in [3.8, 4) is 12.3 Å². The monoisotopic (exact) mass is 209 g/mol. The van der Waals surface area contributed by atoms with Gasteiger partial charge in [0.2, 0.25) is 0 Å². The number of rotatable bonds is 6. The van der Waals surface area contributed by atoms with Crippen molar-refractivity contribution in [2.45, 2.75) is 52.2 Å². The third kappa shape index (κ3) is 2.96. The number of ether oxygens (including phenoxy) is 1. The molecule has 0 aliphatic heterocycles. The van der Waals surface area contributed by atoms with Gasteiger partial charge < -0.3 is 10.1 Å². The summed E-state index contributed by atoms with van der Waals surface area (Å²) in [7, 11) is 0. The van der Waals surface area contributed by atoms with Gasteiger partial charge in [-0.15, -0.1) is 6.42 Å². The van der Waals surface area contributed by atoms with Crippen LogP contribution in [0.15, 0.2) is 0 Å². The van der Waals surface area contributed by atoms with Crippen molar-refractivity contribution in [1.82, 2.24) is 5.32 Å². The molecule has 1 rings (SSSR count). The van der Waals surface area contributed by atoms with Crippen LogP contribution in [0.2, 0.25) is 0 Å². The van der Waals surface area contributed by atoms with E-state index in [-0.39, 0.29) is 5.41 Å². The van der Waals surface area contributed by atoms with E-state index in [4.69, 9.17) is 11.2 Å². The molecule has 1 fully saturated rings. The average Bonchev–Trinajstić information content (AvgIpc) is 2.21. The summed E-state index contributed by atoms with van der Waals surface area (Å²) in [6.45, 7) is 8.25. The maximum atomic E-state index is 5.85. The maximum absolute atomic E-state index is 5.85. The minimum absolute atomic E-state index is 0.227. The fourth-order valence-electron chi connectivity index (χ4n) is 2.07. The Hall–Kier alpha value is -0.520. The van der Waals surface area contributed by atoms with Crippen LogP contribution in [0.1, 0.15) is 40.0 Å². The van der Waals surface area contributed by atoms with Crippen LogP contribution in [-0.2, 0) is 4.74 Å². The second kappa shape index (κ2) is 5.53. The number of unbranched alkanes of at least 4 members (excludes halogenated alkanes) is 1. The van der Waals surface area contributed by atoms with Crippen molar-refractivity contribution in [3.63, 3.8) is 0 Å². The Morgan fingerprint density at radius 2 is 2.27 bits per heavy atom. The molecular weight excluding hydrogens is 186 g/mol. The fraction of sp³-hybridized carbons (Fsp3) is 0.846. The highest BCUT2D eigenvalue weighted by atomic mass is 16.5. The van der Waals surface area contributed by atoms with Crippen LogP contribution in [0.3, 0.4) is 0 Å². The Morgan fingerprint density at radius 3 is 2.80 bits per heavy atom. The SMILES string of the molecule is C#CCNC1CC(OCCCC)C1(C)C. The smallest absolute Gasteiger partial charge is 0.0655 e. The zero-order chi connectivity index (χ0) is 11.3. The van der Waals surface area contributed by atoms with E-state index in [1.54, 1.807) is 0 Å². The van der Waals surface area contributed by atoms with Crippen LogP contribution >= 0.6 is 0 Å². The second-order valence-corrected chi connectivity index (χ2v) is 4.91. The molecule has 2 unspecified atom stereocenters. The zero-order valence-electron chi connectivity index (χ0n) is 10.2. The van der Waals surface area contributed by atoms with E-state index >= 15 is 0 Å². The van der Waals surface area contributed by atoms with Crippen LogP contribution in [0.5, 0.6) is 0 Å². The van der Waals surface area contributed by atoms with Gasteiger partial charge in [0, 0.05) is 18.1 Å². The lowest BCUT2D eigenvalue weighted by atomic mass is 9.64. The molecule has 2 nitrogen and oxygen atoms in total. The first kappa shape index (κ1) is 12.5. The van der Waals surface area contributed by atoms with Gasteiger partial charge in [-0.3, -0.25) is 0 Å². The van der Waals surface area contributed by atoms with Gasteiger partial charge in [0.25, 0.3) is 0 Å². The lowest BCUT2D eigenvalue weighted by molar-refractivity contribution is -0.117. The molecule has 1 aliphatic carbocycles. The molecule has 0 bridgehead atoms. The summed E-state index contributed by atoms with van der Waals surface area (Å²) in [5.41, 5.74) is 0.227. The van der Waals surface area contributed by atoms with E-state index in [0.29, 0.717) is 18.7 Å². The van der Waals surface area contributed by atoms with E-state index < -0.39 is 0 Å². The number of hydrogen-bond acceptors (Lipinski definition) is 2. The highest BCUT2D eigenvalue weighted by Gasteiger charge is 2.48. The standard InChI is InChI=1S/C13H23NO/c1-5-7-9-15-12-10-11(13(12,3)4)14-8-6-2/h2,11-12,14H,5,7-10H2,1,3-4H3. The molecule has 0 amide bonds. The predicted molar refractivity (Wildman–Crippen MR) is 63.7 cm³/mol. The van der Waals surface area contributed by atoms with Gasteiger partial charge in [0.05, 0.1) is 12.6 Å². The molecule has 86 valence electrons. The summed E-state index contributed by atoms with van der Waals surface area (Å²) in [6.07, 6.45) is 9.09. The summed E-state index contributed by atoms with van der Waals surface area (Å²) < 4.78 is 5.85. The van der Waals surface area contributed by atoms with E-state index in [9.17, 15) is 0 Å². The zero-order valence-corrected chi connectivity index (χ0v) is 10.2. The Kier molecular flexibility index (Phi) is 4.63. The average molecular weight is 209 g/mol. The van der Waals surface area contributed by atoms with Crippen LogP contribution < -0.4 is 5.32 Å². The normalized spacial score (nSPS) is 28.1.